The van der Waals surface area contributed by atoms with Crippen molar-refractivity contribution in [2.45, 2.75) is 102 Å². The number of hydrogen-bond donors (Lipinski definition) is 2. The maximum Gasteiger partial charge on any atom is 0.410 e. The van der Waals surface area contributed by atoms with Gasteiger partial charge in [0.25, 0.3) is 0 Å². The summed E-state index contributed by atoms with van der Waals surface area (Å²) in [5.74, 6) is 1.56. The zero-order valence-corrected chi connectivity index (χ0v) is 41.3. The van der Waals surface area contributed by atoms with Gasteiger partial charge < -0.3 is 62.9 Å². The molecule has 2 aromatic rings. The monoisotopic (exact) mass is 956 g/mol. The number of thiocarbonyl (C=S) groups is 2. The van der Waals surface area contributed by atoms with E-state index in [1.165, 1.54) is 0 Å². The molecule has 0 radical (unpaired) electrons. The fourth-order valence-electron chi connectivity index (χ4n) is 6.97. The van der Waals surface area contributed by atoms with Crippen LogP contribution in [0.3, 0.4) is 0 Å². The molecule has 0 aromatic heterocycles. The number of nitrogens with zero attached hydrogens (tertiary/aromatic N) is 3. The van der Waals surface area contributed by atoms with Crippen molar-refractivity contribution < 1.29 is 52.5 Å². The highest BCUT2D eigenvalue weighted by Crippen LogP contribution is 2.27. The minimum Gasteiger partial charge on any atom is -0.491 e. The highest BCUT2D eigenvalue weighted by atomic mass is 35.5. The molecule has 1 unspecified atom stereocenters. The van der Waals surface area contributed by atoms with Crippen LogP contribution in [0, 0.1) is 0 Å². The average Bonchev–Trinajstić information content (AvgIpc) is 3.92. The number of halogens is 1. The molecule has 362 valence electrons. The second-order valence-corrected chi connectivity index (χ2v) is 17.9. The molecule has 18 heteroatoms. The molecule has 15 nitrogen and oxygen atoms in total. The number of aliphatic hydroxyl groups is 1. The van der Waals surface area contributed by atoms with Gasteiger partial charge >= 0.3 is 6.09 Å². The van der Waals surface area contributed by atoms with E-state index in [1.807, 2.05) is 107 Å². The summed E-state index contributed by atoms with van der Waals surface area (Å²) in [6.45, 7) is 11.8. The number of likely N-dealkylation sites (tertiary alicyclic amines) is 1. The first-order chi connectivity index (χ1) is 30.2. The van der Waals surface area contributed by atoms with E-state index in [-0.39, 0.29) is 55.7 Å². The summed E-state index contributed by atoms with van der Waals surface area (Å²) in [6.07, 6.45) is 4.30. The molecule has 0 bridgehead atoms. The molecule has 3 fully saturated rings. The normalized spacial score (nSPS) is 20.7. The van der Waals surface area contributed by atoms with Crippen LogP contribution in [0.5, 0.6) is 11.5 Å². The molecule has 0 saturated carbocycles. The highest BCUT2D eigenvalue weighted by molar-refractivity contribution is 7.80. The average molecular weight is 958 g/mol. The van der Waals surface area contributed by atoms with Gasteiger partial charge in [0.1, 0.15) is 35.3 Å². The van der Waals surface area contributed by atoms with Crippen molar-refractivity contribution in [3.8, 4) is 11.5 Å². The van der Waals surface area contributed by atoms with Gasteiger partial charge in [0.15, 0.2) is 6.29 Å². The van der Waals surface area contributed by atoms with E-state index in [9.17, 15) is 4.79 Å². The second kappa shape index (κ2) is 29.6. The van der Waals surface area contributed by atoms with Crippen LogP contribution in [-0.2, 0) is 46.4 Å². The number of carbonyl (C=O) groups is 1. The van der Waals surface area contributed by atoms with Crippen molar-refractivity contribution >= 4 is 52.9 Å². The van der Waals surface area contributed by atoms with Gasteiger partial charge in [-0.15, -0.1) is 12.4 Å². The third-order valence-electron chi connectivity index (χ3n) is 10.1. The summed E-state index contributed by atoms with van der Waals surface area (Å²) < 4.78 is 51.3. The number of amides is 1. The second-order valence-electron chi connectivity index (χ2n) is 17.0. The van der Waals surface area contributed by atoms with E-state index in [2.05, 4.69) is 5.32 Å². The third-order valence-corrected chi connectivity index (χ3v) is 11.4. The molecular formula is C46H73ClN4O11S2. The Kier molecular flexibility index (Phi) is 25.7. The molecule has 3 aliphatic heterocycles. The van der Waals surface area contributed by atoms with Crippen LogP contribution in [-0.4, -0.2) is 173 Å². The quantitative estimate of drug-likeness (QED) is 0.105. The molecule has 5 rings (SSSR count). The molecule has 5 atom stereocenters. The van der Waals surface area contributed by atoms with Crippen molar-refractivity contribution in [3.05, 3.63) is 59.7 Å². The summed E-state index contributed by atoms with van der Waals surface area (Å²) in [7, 11) is 7.72. The molecule has 2 aromatic carbocycles. The van der Waals surface area contributed by atoms with Gasteiger partial charge in [-0.3, -0.25) is 4.90 Å². The first kappa shape index (κ1) is 55.4. The molecule has 3 saturated heterocycles. The highest BCUT2D eigenvalue weighted by Gasteiger charge is 2.41. The van der Waals surface area contributed by atoms with Gasteiger partial charge in [-0.05, 0) is 81.8 Å². The van der Waals surface area contributed by atoms with Gasteiger partial charge in [0.2, 0.25) is 0 Å². The standard InChI is InChI=1S/C28H44N2O7S.C18H28N2O4S.ClH/c1-28(2,3)37-27(31)30-19-23(18-24(30)26(38)29(4)5)36-20-21-9-8-10-22(17-21)33-15-13-32-14-16-35-25-11-6-7-12-34-25;1-20(2)18(25)17-11-16(12-19-17)24-13-14-4-3-5-15(10-14)23-9-8-22-7-6-21;/h8-10,17,23-25H,6-7,11-16,18-20H2,1-5H3;3-5,10,16-17,19,21H,6-9,11-13H2,1-2H3;1H/t23-,24+,25?;16-,17+;/m11./s1. The van der Waals surface area contributed by atoms with Crippen LogP contribution >= 0.6 is 36.8 Å². The summed E-state index contributed by atoms with van der Waals surface area (Å²) in [5, 5.41) is 12.1. The molecule has 0 aliphatic carbocycles. The maximum atomic E-state index is 12.8. The van der Waals surface area contributed by atoms with E-state index in [0.717, 1.165) is 66.4 Å². The lowest BCUT2D eigenvalue weighted by Gasteiger charge is -2.30. The Morgan fingerprint density at radius 3 is 1.95 bits per heavy atom. The Balaban J connectivity index is 0.000000364. The van der Waals surface area contributed by atoms with Crippen LogP contribution in [0.25, 0.3) is 0 Å². The SMILES string of the molecule is CN(C)C(=S)[C@@H]1C[C@@H](OCc2cccc(OCCOCCO)c2)CN1.CN(C)C(=S)[C@@H]1C[C@@H](OCc2cccc(OCCOCCOC3CCCCO3)c2)CN1C(=O)OC(C)(C)C.Cl. The summed E-state index contributed by atoms with van der Waals surface area (Å²) in [5.41, 5.74) is 1.49. The zero-order valence-electron chi connectivity index (χ0n) is 38.8. The molecule has 2 N–H and O–H groups in total. The number of likely N-dealkylation sites (N-methyl/N-ethyl adjacent to an activating group) is 2. The zero-order chi connectivity index (χ0) is 45.6. The molecular weight excluding hydrogens is 884 g/mol. The van der Waals surface area contributed by atoms with E-state index in [1.54, 1.807) is 4.90 Å². The minimum absolute atomic E-state index is 0. The fraction of sp³-hybridized carbons (Fsp3) is 0.674. The van der Waals surface area contributed by atoms with Gasteiger partial charge in [0, 0.05) is 47.8 Å². The summed E-state index contributed by atoms with van der Waals surface area (Å²) in [6, 6.07) is 15.7. The number of nitrogens with one attached hydrogen (secondary N) is 1. The molecule has 1 amide bonds. The van der Waals surface area contributed by atoms with Crippen molar-refractivity contribution in [2.75, 3.05) is 101 Å². The minimum atomic E-state index is -0.580. The Bertz CT molecular complexity index is 1670. The van der Waals surface area contributed by atoms with Gasteiger partial charge in [-0.25, -0.2) is 4.79 Å². The van der Waals surface area contributed by atoms with Crippen LogP contribution < -0.4 is 14.8 Å². The lowest BCUT2D eigenvalue weighted by Crippen LogP contribution is -2.46. The maximum absolute atomic E-state index is 12.8. The van der Waals surface area contributed by atoms with Crippen LogP contribution in [0.15, 0.2) is 48.5 Å². The molecule has 0 spiro atoms. The fourth-order valence-corrected chi connectivity index (χ4v) is 7.37. The Hall–Kier alpha value is -2.94. The largest absolute Gasteiger partial charge is 0.491 e. The number of benzene rings is 2. The third kappa shape index (κ3) is 20.7. The lowest BCUT2D eigenvalue weighted by atomic mass is 10.2. The first-order valence-electron chi connectivity index (χ1n) is 22.0. The predicted molar refractivity (Wildman–Crippen MR) is 257 cm³/mol. The Labute approximate surface area is 398 Å². The van der Waals surface area contributed by atoms with E-state index in [4.69, 9.17) is 72.2 Å². The van der Waals surface area contributed by atoms with Crippen molar-refractivity contribution in [1.29, 1.82) is 0 Å². The molecule has 3 aliphatic rings. The molecule has 3 heterocycles. The predicted octanol–water partition coefficient (Wildman–Crippen LogP) is 6.04. The lowest BCUT2D eigenvalue weighted by molar-refractivity contribution is -0.169. The van der Waals surface area contributed by atoms with E-state index < -0.39 is 5.60 Å². The summed E-state index contributed by atoms with van der Waals surface area (Å²) >= 11 is 11.0. The van der Waals surface area contributed by atoms with Gasteiger partial charge in [-0.2, -0.15) is 0 Å². The van der Waals surface area contributed by atoms with Crippen molar-refractivity contribution in [2.24, 2.45) is 0 Å². The number of hydrogen-bond acceptors (Lipinski definition) is 14. The smallest absolute Gasteiger partial charge is 0.410 e. The topological polar surface area (TPSA) is 142 Å². The molecule has 64 heavy (non-hydrogen) atoms. The first-order valence-corrected chi connectivity index (χ1v) is 22.9. The van der Waals surface area contributed by atoms with Crippen LogP contribution in [0.4, 0.5) is 4.79 Å². The number of aliphatic hydroxyl groups excluding tert-OH is 1. The van der Waals surface area contributed by atoms with E-state index in [0.29, 0.717) is 77.4 Å². The summed E-state index contributed by atoms with van der Waals surface area (Å²) in [4.78, 5) is 20.0. The number of carbonyl (C=O) groups excluding carboxylic acids is 1. The van der Waals surface area contributed by atoms with Crippen molar-refractivity contribution in [1.82, 2.24) is 20.0 Å². The van der Waals surface area contributed by atoms with Crippen molar-refractivity contribution in [3.63, 3.8) is 0 Å². The number of rotatable bonds is 22. The van der Waals surface area contributed by atoms with E-state index >= 15 is 0 Å². The number of ether oxygens (including phenoxy) is 9. The van der Waals surface area contributed by atoms with Crippen LogP contribution in [0.2, 0.25) is 0 Å². The van der Waals surface area contributed by atoms with Gasteiger partial charge in [-0.1, -0.05) is 48.7 Å². The van der Waals surface area contributed by atoms with Crippen LogP contribution in [0.1, 0.15) is 64.0 Å². The Morgan fingerprint density at radius 2 is 1.39 bits per heavy atom. The Morgan fingerprint density at radius 1 is 0.797 bits per heavy atom. The van der Waals surface area contributed by atoms with Gasteiger partial charge in [0.05, 0.1) is 88.7 Å².